The molecule has 10 aromatic rings. The zero-order chi connectivity index (χ0) is 59.1. The zero-order valence-electron chi connectivity index (χ0n) is 44.9. The first-order chi connectivity index (χ1) is 40.2. The van der Waals surface area contributed by atoms with Crippen molar-refractivity contribution in [2.45, 2.75) is 32.5 Å². The Hall–Kier alpha value is -7.06. The third kappa shape index (κ3) is 18.7. The zero-order valence-corrected chi connectivity index (χ0v) is 49.5. The molecule has 0 aliphatic heterocycles. The molecule has 0 saturated carbocycles. The highest BCUT2D eigenvalue weighted by Gasteiger charge is 2.14. The fourth-order valence-electron chi connectivity index (χ4n) is 7.87. The van der Waals surface area contributed by atoms with Crippen LogP contribution >= 0.6 is 42.9 Å². The predicted octanol–water partition coefficient (Wildman–Crippen LogP) is 16.0. The molecule has 0 radical (unpaired) electrons. The van der Waals surface area contributed by atoms with Crippen LogP contribution in [0.1, 0.15) is 40.3 Å². The van der Waals surface area contributed by atoms with Gasteiger partial charge in [0.1, 0.15) is 79.2 Å². The Labute approximate surface area is 500 Å². The van der Waals surface area contributed by atoms with E-state index in [4.69, 9.17) is 54.6 Å². The molecule has 23 heteroatoms. The van der Waals surface area contributed by atoms with Crippen molar-refractivity contribution in [2.75, 3.05) is 41.2 Å². The maximum atomic E-state index is 13.4. The highest BCUT2D eigenvalue weighted by Crippen LogP contribution is 2.35. The summed E-state index contributed by atoms with van der Waals surface area (Å²) in [6.45, 7) is 0.893. The first-order valence-electron chi connectivity index (χ1n) is 25.3. The first-order valence-corrected chi connectivity index (χ1v) is 30.9. The van der Waals surface area contributed by atoms with Crippen molar-refractivity contribution in [3.05, 3.63) is 207 Å². The van der Waals surface area contributed by atoms with Crippen LogP contribution in [0.15, 0.2) is 167 Å². The number of halogens is 5. The van der Waals surface area contributed by atoms with Gasteiger partial charge in [-0.2, -0.15) is 0 Å². The Morgan fingerprint density at radius 1 is 0.659 bits per heavy atom. The van der Waals surface area contributed by atoms with Crippen molar-refractivity contribution in [1.29, 1.82) is 1.28 Å². The number of rotatable bonds is 21. The van der Waals surface area contributed by atoms with Crippen molar-refractivity contribution in [3.8, 4) is 34.1 Å². The molecular formula is C59H52Cl3F2N7O7PS3-. The summed E-state index contributed by atoms with van der Waals surface area (Å²) in [7, 11) is -1.26. The summed E-state index contributed by atoms with van der Waals surface area (Å²) in [5, 5.41) is 9.02. The predicted molar refractivity (Wildman–Crippen MR) is 331 cm³/mol. The van der Waals surface area contributed by atoms with Crippen molar-refractivity contribution in [2.24, 2.45) is 0 Å². The van der Waals surface area contributed by atoms with Gasteiger partial charge in [0.15, 0.2) is 12.0 Å². The van der Waals surface area contributed by atoms with E-state index in [1.807, 2.05) is 60.7 Å². The topological polar surface area (TPSA) is 186 Å². The average Bonchev–Trinajstić information content (AvgIpc) is 4.40. The molecule has 4 aromatic heterocycles. The van der Waals surface area contributed by atoms with E-state index < -0.39 is 21.6 Å². The van der Waals surface area contributed by atoms with Crippen molar-refractivity contribution in [1.82, 2.24) is 19.9 Å². The number of carbonyl (C=O) groups is 1. The lowest BCUT2D eigenvalue weighted by molar-refractivity contribution is 0.110. The molecule has 82 heavy (non-hydrogen) atoms. The van der Waals surface area contributed by atoms with Gasteiger partial charge in [-0.15, -0.1) is 6.54 Å². The number of carbonyl (C=O) groups excluding carboxylic acids is 1. The largest absolute Gasteiger partial charge is 0.575 e. The summed E-state index contributed by atoms with van der Waals surface area (Å²) in [6, 6.07) is 42.0. The van der Waals surface area contributed by atoms with Gasteiger partial charge in [0.2, 0.25) is 0 Å². The molecule has 0 aliphatic carbocycles. The minimum absolute atomic E-state index is 0.197. The number of nitrogens with one attached hydrogen (secondary N) is 2. The van der Waals surface area contributed by atoms with Crippen LogP contribution in [0.25, 0.3) is 49.3 Å². The summed E-state index contributed by atoms with van der Waals surface area (Å²) in [5.74, 6) is 5.35. The maximum absolute atomic E-state index is 13.4. The quantitative estimate of drug-likeness (QED) is 0.0393. The Bertz CT molecular complexity index is 3850. The maximum Gasteiger partial charge on any atom is 0.185 e. The number of unbranched alkanes of at least 4 members (excludes halogenated alkanes) is 1. The summed E-state index contributed by atoms with van der Waals surface area (Å²) in [6.07, 6.45) is 9.65. The molecule has 0 saturated heterocycles. The molecule has 0 spiro atoms. The van der Waals surface area contributed by atoms with Crippen molar-refractivity contribution < 1.29 is 40.3 Å². The number of benzene rings is 6. The number of anilines is 4. The minimum atomic E-state index is -0.764. The molecule has 0 amide bonds. The van der Waals surface area contributed by atoms with Crippen molar-refractivity contribution >= 4 is 127 Å². The molecule has 0 bridgehead atoms. The van der Waals surface area contributed by atoms with Crippen LogP contribution in [0.4, 0.5) is 31.8 Å². The molecule has 14 nitrogen and oxygen atoms in total. The van der Waals surface area contributed by atoms with Crippen LogP contribution in [0.2, 0.25) is 10.0 Å². The average molecular weight is 1240 g/mol. The minimum Gasteiger partial charge on any atom is -0.575 e. The van der Waals surface area contributed by atoms with Gasteiger partial charge < -0.3 is 33.8 Å². The standard InChI is InChI=1S/C30H27ClFN3O3S.C26H17ClFN3O3.C3H7ClNOS.HPS/c1-39(36)14-3-2-7-24-10-13-28(38-24)21-8-11-27-25(16-21)30(34-19-33-27)35-23-9-12-29(26(31)17-23)37-18-20-5-4-6-22(32)15-20;27-22-12-19(5-8-25(22)33-14-16-2-1-3-18(28)10-16)31-26-21-11-17(4-7-23(21)29-15-30-26)24-9-6-20(13-32)34-24;1-7(6)3-2-5-4;1-2/h4-6,8-13,15-17,19H,2-3,7,14,18H2,1H3,(H,33,34,35);1-13,15H,14H2,(H,29,30,31);2-3H2,1H3;1H/q;;-1;/i;;;1T. The van der Waals surface area contributed by atoms with E-state index in [1.165, 1.54) is 36.9 Å². The van der Waals surface area contributed by atoms with E-state index in [1.54, 1.807) is 73.2 Å². The molecule has 4 heterocycles. The van der Waals surface area contributed by atoms with Gasteiger partial charge >= 0.3 is 0 Å². The van der Waals surface area contributed by atoms with E-state index in [0.29, 0.717) is 74.5 Å². The van der Waals surface area contributed by atoms with Crippen LogP contribution < -0.4 is 20.1 Å². The lowest BCUT2D eigenvalue weighted by Crippen LogP contribution is -1.99. The highest BCUT2D eigenvalue weighted by molar-refractivity contribution is 7.88. The first kappa shape index (κ1) is 61.0. The van der Waals surface area contributed by atoms with Crippen LogP contribution in [0.3, 0.4) is 0 Å². The molecule has 2 unspecified atom stereocenters. The van der Waals surface area contributed by atoms with E-state index in [9.17, 15) is 22.0 Å². The molecule has 6 aromatic carbocycles. The van der Waals surface area contributed by atoms with E-state index in [0.717, 1.165) is 75.0 Å². The molecule has 2 N–H and O–H groups in total. The van der Waals surface area contributed by atoms with Crippen LogP contribution in [0.5, 0.6) is 11.5 Å². The molecular weight excluding hydrogens is 1190 g/mol. The highest BCUT2D eigenvalue weighted by atomic mass is 35.5. The van der Waals surface area contributed by atoms with E-state index in [-0.39, 0.29) is 38.6 Å². The summed E-state index contributed by atoms with van der Waals surface area (Å²) >= 11 is 21.9. The monoisotopic (exact) mass is 1240 g/mol. The smallest absolute Gasteiger partial charge is 0.185 e. The number of hydrogen-bond donors (Lipinski definition) is 2. The fourth-order valence-corrected chi connectivity index (χ4v) is 9.48. The number of aromatic nitrogens is 4. The molecule has 424 valence electrons. The van der Waals surface area contributed by atoms with Crippen molar-refractivity contribution in [3.63, 3.8) is 0 Å². The third-order valence-corrected chi connectivity index (χ3v) is 14.1. The number of aldehydes is 1. The number of aryl methyl sites for hydroxylation is 1. The lowest BCUT2D eigenvalue weighted by atomic mass is 10.1. The third-order valence-electron chi connectivity index (χ3n) is 11.8. The fraction of sp³-hybridized carbons (Fsp3) is 0.169. The van der Waals surface area contributed by atoms with Gasteiger partial charge in [0, 0.05) is 85.3 Å². The summed E-state index contributed by atoms with van der Waals surface area (Å²) in [4.78, 5) is 31.7. The normalized spacial score (nSPS) is 11.7. The molecule has 0 aliphatic rings. The number of nitrogens with zero attached hydrogens (tertiary/aromatic N) is 5. The van der Waals surface area contributed by atoms with Crippen LogP contribution in [0, 0.1) is 11.6 Å². The summed E-state index contributed by atoms with van der Waals surface area (Å²) < 4.78 is 77.4. The second-order valence-electron chi connectivity index (χ2n) is 17.7. The second-order valence-corrected chi connectivity index (χ2v) is 21.9. The number of furan rings is 2. The van der Waals surface area contributed by atoms with E-state index >= 15 is 0 Å². The van der Waals surface area contributed by atoms with Crippen LogP contribution in [-0.2, 0) is 53.0 Å². The Kier molecular flexibility index (Phi) is 23.8. The van der Waals surface area contributed by atoms with Gasteiger partial charge in [-0.3, -0.25) is 25.0 Å². The molecule has 0 fully saturated rings. The SMILES string of the molecule is CS(=O)CCCCc1ccc(-c2ccc3ncnc(Nc4ccc(OCc5cccc(F)c5)c(Cl)c4)c3c2)o1.CS(=O)CC[N-]Cl.O=Cc1ccc(-c2ccc3ncnc(Nc4ccc(OCc5cccc(F)c5)c(Cl)c4)c3c2)o1.[3H]P=S. The number of fused-ring (bicyclic) bond motifs is 2. The summed E-state index contributed by atoms with van der Waals surface area (Å²) in [5.41, 5.74) is 6.10. The lowest BCUT2D eigenvalue weighted by Gasteiger charge is -2.12. The Morgan fingerprint density at radius 3 is 1.62 bits per heavy atom. The van der Waals surface area contributed by atoms with Gasteiger partial charge in [0.05, 0.1) is 21.1 Å². The van der Waals surface area contributed by atoms with Gasteiger partial charge in [0.25, 0.3) is 0 Å². The Morgan fingerprint density at radius 2 is 1.17 bits per heavy atom. The second kappa shape index (κ2) is 32.0. The van der Waals surface area contributed by atoms with E-state index in [2.05, 4.69) is 47.2 Å². The Balaban J connectivity index is 0.000000207. The van der Waals surface area contributed by atoms with Gasteiger partial charge in [-0.25, -0.2) is 28.7 Å². The number of ether oxygens (including phenoxy) is 2. The molecule has 2 atom stereocenters. The molecule has 10 rings (SSSR count). The van der Waals surface area contributed by atoms with Gasteiger partial charge in [-0.1, -0.05) is 59.3 Å². The van der Waals surface area contributed by atoms with Crippen LogP contribution in [-0.4, -0.2) is 66.5 Å². The van der Waals surface area contributed by atoms with Gasteiger partial charge in [-0.05, 0) is 153 Å². The number of hydrogen-bond acceptors (Lipinski definition) is 14.